The lowest BCUT2D eigenvalue weighted by molar-refractivity contribution is -0.141. The van der Waals surface area contributed by atoms with Gasteiger partial charge in [0, 0.05) is 31.0 Å². The molecule has 142 valence electrons. The quantitative estimate of drug-likeness (QED) is 0.730. The fourth-order valence-electron chi connectivity index (χ4n) is 3.35. The van der Waals surface area contributed by atoms with Crippen LogP contribution >= 0.6 is 0 Å². The van der Waals surface area contributed by atoms with Crippen LogP contribution in [0.25, 0.3) is 11.0 Å². The molecule has 27 heavy (non-hydrogen) atoms. The molecule has 4 heterocycles. The molecule has 3 aromatic rings. The molecular formula is C17H18F3N7. The van der Waals surface area contributed by atoms with Crippen LogP contribution < -0.4 is 10.2 Å². The van der Waals surface area contributed by atoms with Crippen LogP contribution in [-0.2, 0) is 6.18 Å². The maximum atomic E-state index is 12.8. The Labute approximate surface area is 153 Å². The summed E-state index contributed by atoms with van der Waals surface area (Å²) in [6.45, 7) is 3.35. The summed E-state index contributed by atoms with van der Waals surface area (Å²) >= 11 is 0. The Morgan fingerprint density at radius 2 is 2.11 bits per heavy atom. The Bertz CT molecular complexity index is 953. The van der Waals surface area contributed by atoms with E-state index in [1.54, 1.807) is 0 Å². The predicted octanol–water partition coefficient (Wildman–Crippen LogP) is 3.16. The highest BCUT2D eigenvalue weighted by Gasteiger charge is 2.33. The van der Waals surface area contributed by atoms with Crippen molar-refractivity contribution in [2.45, 2.75) is 32.0 Å². The SMILES string of the molecule is Cc1cc2ncnc(N3CCCC(Nc4nccc(C(F)(F)F)n4)C3)c2[nH]1. The van der Waals surface area contributed by atoms with Crippen LogP contribution in [-0.4, -0.2) is 44.1 Å². The molecule has 1 atom stereocenters. The molecule has 1 aliphatic heterocycles. The van der Waals surface area contributed by atoms with Crippen molar-refractivity contribution in [2.24, 2.45) is 0 Å². The molecule has 1 unspecified atom stereocenters. The number of aromatic amines is 1. The molecule has 0 bridgehead atoms. The Morgan fingerprint density at radius 3 is 2.93 bits per heavy atom. The number of rotatable bonds is 3. The largest absolute Gasteiger partial charge is 0.433 e. The normalized spacial score (nSPS) is 18.1. The first-order valence-electron chi connectivity index (χ1n) is 8.62. The summed E-state index contributed by atoms with van der Waals surface area (Å²) in [5.41, 5.74) is 1.75. The predicted molar refractivity (Wildman–Crippen MR) is 94.5 cm³/mol. The number of aromatic nitrogens is 5. The molecular weight excluding hydrogens is 359 g/mol. The van der Waals surface area contributed by atoms with Gasteiger partial charge in [0.2, 0.25) is 5.95 Å². The third-order valence-corrected chi connectivity index (χ3v) is 4.53. The molecule has 1 saturated heterocycles. The van der Waals surface area contributed by atoms with Crippen molar-refractivity contribution >= 4 is 22.8 Å². The zero-order valence-corrected chi connectivity index (χ0v) is 14.6. The Morgan fingerprint density at radius 1 is 1.26 bits per heavy atom. The van der Waals surface area contributed by atoms with Gasteiger partial charge in [-0.15, -0.1) is 0 Å². The zero-order chi connectivity index (χ0) is 19.0. The zero-order valence-electron chi connectivity index (χ0n) is 14.6. The number of hydrogen-bond acceptors (Lipinski definition) is 6. The first kappa shape index (κ1) is 17.5. The number of alkyl halides is 3. The summed E-state index contributed by atoms with van der Waals surface area (Å²) < 4.78 is 38.5. The number of nitrogens with one attached hydrogen (secondary N) is 2. The van der Waals surface area contributed by atoms with E-state index < -0.39 is 11.9 Å². The van der Waals surface area contributed by atoms with Crippen molar-refractivity contribution in [3.05, 3.63) is 36.0 Å². The smallest absolute Gasteiger partial charge is 0.354 e. The number of aryl methyl sites for hydroxylation is 1. The van der Waals surface area contributed by atoms with E-state index in [1.807, 2.05) is 13.0 Å². The minimum atomic E-state index is -4.49. The standard InChI is InChI=1S/C17H18F3N7/c1-10-7-12-14(24-10)15(23-9-22-12)27-6-2-3-11(8-27)25-16-21-5-4-13(26-16)17(18,19)20/h4-5,7,9,11,24H,2-3,6,8H2,1H3,(H,21,25,26). The summed E-state index contributed by atoms with van der Waals surface area (Å²) in [4.78, 5) is 21.6. The number of nitrogens with zero attached hydrogens (tertiary/aromatic N) is 5. The maximum Gasteiger partial charge on any atom is 0.433 e. The van der Waals surface area contributed by atoms with Crippen molar-refractivity contribution in [3.8, 4) is 0 Å². The van der Waals surface area contributed by atoms with E-state index in [1.165, 1.54) is 6.33 Å². The van der Waals surface area contributed by atoms with Gasteiger partial charge in [0.05, 0.1) is 5.52 Å². The molecule has 0 spiro atoms. The lowest BCUT2D eigenvalue weighted by Crippen LogP contribution is -2.43. The van der Waals surface area contributed by atoms with Gasteiger partial charge in [0.15, 0.2) is 5.82 Å². The third-order valence-electron chi connectivity index (χ3n) is 4.53. The van der Waals surface area contributed by atoms with Gasteiger partial charge in [-0.2, -0.15) is 13.2 Å². The number of H-pyrrole nitrogens is 1. The Balaban J connectivity index is 1.53. The van der Waals surface area contributed by atoms with Crippen molar-refractivity contribution in [1.82, 2.24) is 24.9 Å². The Hall–Kier alpha value is -2.91. The van der Waals surface area contributed by atoms with Crippen LogP contribution in [0.1, 0.15) is 24.2 Å². The van der Waals surface area contributed by atoms with E-state index in [9.17, 15) is 13.2 Å². The van der Waals surface area contributed by atoms with Crippen molar-refractivity contribution in [3.63, 3.8) is 0 Å². The Kier molecular flexibility index (Phi) is 4.33. The van der Waals surface area contributed by atoms with Crippen LogP contribution in [0.4, 0.5) is 24.9 Å². The molecule has 0 amide bonds. The number of fused-ring (bicyclic) bond motifs is 1. The van der Waals surface area contributed by atoms with E-state index >= 15 is 0 Å². The summed E-state index contributed by atoms with van der Waals surface area (Å²) in [5.74, 6) is 0.782. The highest BCUT2D eigenvalue weighted by molar-refractivity contribution is 5.86. The lowest BCUT2D eigenvalue weighted by Gasteiger charge is -2.34. The van der Waals surface area contributed by atoms with Gasteiger partial charge in [-0.05, 0) is 31.9 Å². The summed E-state index contributed by atoms with van der Waals surface area (Å²) in [7, 11) is 0. The third kappa shape index (κ3) is 3.64. The maximum absolute atomic E-state index is 12.8. The van der Waals surface area contributed by atoms with Gasteiger partial charge in [-0.1, -0.05) is 0 Å². The highest BCUT2D eigenvalue weighted by atomic mass is 19.4. The number of hydrogen-bond donors (Lipinski definition) is 2. The molecule has 7 nitrogen and oxygen atoms in total. The van der Waals surface area contributed by atoms with Crippen molar-refractivity contribution in [2.75, 3.05) is 23.3 Å². The average Bonchev–Trinajstić information content (AvgIpc) is 3.01. The molecule has 1 fully saturated rings. The lowest BCUT2D eigenvalue weighted by atomic mass is 10.1. The molecule has 1 aliphatic rings. The molecule has 0 saturated carbocycles. The fraction of sp³-hybridized carbons (Fsp3) is 0.412. The molecule has 10 heteroatoms. The first-order valence-corrected chi connectivity index (χ1v) is 8.62. The van der Waals surface area contributed by atoms with E-state index in [0.717, 1.165) is 54.2 Å². The molecule has 4 rings (SSSR count). The van der Waals surface area contributed by atoms with Gasteiger partial charge in [-0.25, -0.2) is 19.9 Å². The van der Waals surface area contributed by atoms with Gasteiger partial charge < -0.3 is 15.2 Å². The van der Waals surface area contributed by atoms with Gasteiger partial charge >= 0.3 is 6.18 Å². The second kappa shape index (κ2) is 6.67. The second-order valence-electron chi connectivity index (χ2n) is 6.60. The minimum absolute atomic E-state index is 0.0137. The second-order valence-corrected chi connectivity index (χ2v) is 6.60. The van der Waals surface area contributed by atoms with E-state index in [4.69, 9.17) is 0 Å². The number of piperidine rings is 1. The molecule has 2 N–H and O–H groups in total. The molecule has 3 aromatic heterocycles. The number of anilines is 2. The molecule has 0 radical (unpaired) electrons. The number of halogens is 3. The molecule has 0 aromatic carbocycles. The topological polar surface area (TPSA) is 82.6 Å². The van der Waals surface area contributed by atoms with Crippen molar-refractivity contribution < 1.29 is 13.2 Å². The average molecular weight is 377 g/mol. The van der Waals surface area contributed by atoms with Crippen LogP contribution in [0.3, 0.4) is 0 Å². The van der Waals surface area contributed by atoms with Crippen LogP contribution in [0.15, 0.2) is 24.7 Å². The van der Waals surface area contributed by atoms with E-state index in [0.29, 0.717) is 6.54 Å². The van der Waals surface area contributed by atoms with E-state index in [-0.39, 0.29) is 12.0 Å². The highest BCUT2D eigenvalue weighted by Crippen LogP contribution is 2.29. The van der Waals surface area contributed by atoms with Gasteiger partial charge in [-0.3, -0.25) is 0 Å². The summed E-state index contributed by atoms with van der Waals surface area (Å²) in [6.07, 6.45) is -0.155. The van der Waals surface area contributed by atoms with E-state index in [2.05, 4.69) is 35.1 Å². The van der Waals surface area contributed by atoms with Gasteiger partial charge in [0.25, 0.3) is 0 Å². The van der Waals surface area contributed by atoms with Gasteiger partial charge in [0.1, 0.15) is 17.5 Å². The summed E-state index contributed by atoms with van der Waals surface area (Å²) in [5, 5.41) is 3.03. The fourth-order valence-corrected chi connectivity index (χ4v) is 3.35. The first-order chi connectivity index (χ1) is 12.9. The summed E-state index contributed by atoms with van der Waals surface area (Å²) in [6, 6.07) is 2.74. The molecule has 0 aliphatic carbocycles. The van der Waals surface area contributed by atoms with Crippen LogP contribution in [0.5, 0.6) is 0 Å². The van der Waals surface area contributed by atoms with Crippen molar-refractivity contribution in [1.29, 1.82) is 0 Å². The minimum Gasteiger partial charge on any atom is -0.354 e. The monoisotopic (exact) mass is 377 g/mol. The van der Waals surface area contributed by atoms with Crippen LogP contribution in [0.2, 0.25) is 0 Å². The van der Waals surface area contributed by atoms with Crippen LogP contribution in [0, 0.1) is 6.92 Å².